The van der Waals surface area contributed by atoms with Gasteiger partial charge in [-0.25, -0.2) is 0 Å². The third-order valence-electron chi connectivity index (χ3n) is 10.6. The van der Waals surface area contributed by atoms with E-state index in [-0.39, 0.29) is 0 Å². The van der Waals surface area contributed by atoms with Gasteiger partial charge in [0.25, 0.3) is 0 Å². The highest BCUT2D eigenvalue weighted by molar-refractivity contribution is 6.12. The maximum atomic E-state index is 9.26. The van der Waals surface area contributed by atoms with E-state index in [0.717, 1.165) is 29.7 Å². The lowest BCUT2D eigenvalue weighted by Gasteiger charge is -2.12. The molecule has 244 valence electrons. The van der Waals surface area contributed by atoms with Crippen LogP contribution in [-0.4, -0.2) is 9.13 Å². The highest BCUT2D eigenvalue weighted by Crippen LogP contribution is 2.38. The summed E-state index contributed by atoms with van der Waals surface area (Å²) in [5, 5.41) is 14.3. The number of nitriles is 1. The number of aromatic nitrogens is 2. The second-order valence-electron chi connectivity index (χ2n) is 13.6. The zero-order valence-corrected chi connectivity index (χ0v) is 28.5. The predicted molar refractivity (Wildman–Crippen MR) is 217 cm³/mol. The van der Waals surface area contributed by atoms with E-state index in [1.807, 2.05) is 24.3 Å². The predicted octanol–water partition coefficient (Wildman–Crippen LogP) is 13.0. The first-order chi connectivity index (χ1) is 25.7. The molecular weight excluding hydrogens is 631 g/mol. The molecule has 10 rings (SSSR count). The Morgan fingerprint density at radius 2 is 0.942 bits per heavy atom. The van der Waals surface area contributed by atoms with E-state index in [0.29, 0.717) is 5.56 Å². The Kier molecular flexibility index (Phi) is 7.01. The number of nitrogens with zero attached hydrogens (tertiary/aromatic N) is 3. The molecule has 1 aliphatic rings. The molecule has 3 heteroatoms. The zero-order valence-electron chi connectivity index (χ0n) is 28.5. The Hall–Kier alpha value is -6.89. The van der Waals surface area contributed by atoms with Gasteiger partial charge in [-0.3, -0.25) is 0 Å². The first kappa shape index (κ1) is 30.0. The molecule has 0 spiro atoms. The minimum absolute atomic E-state index is 0.666. The molecule has 2 heterocycles. The lowest BCUT2D eigenvalue weighted by atomic mass is 9.98. The Morgan fingerprint density at radius 3 is 1.54 bits per heavy atom. The minimum atomic E-state index is 0.666. The second-order valence-corrected chi connectivity index (χ2v) is 13.6. The molecule has 0 radical (unpaired) electrons. The van der Waals surface area contributed by atoms with Crippen LogP contribution in [0.5, 0.6) is 0 Å². The molecule has 0 fully saturated rings. The van der Waals surface area contributed by atoms with Crippen LogP contribution < -0.4 is 0 Å². The number of hydrogen-bond acceptors (Lipinski definition) is 1. The number of hydrogen-bond donors (Lipinski definition) is 0. The van der Waals surface area contributed by atoms with Crippen LogP contribution in [0.4, 0.5) is 0 Å². The summed E-state index contributed by atoms with van der Waals surface area (Å²) in [7, 11) is 0. The molecule has 0 saturated carbocycles. The summed E-state index contributed by atoms with van der Waals surface area (Å²) < 4.78 is 4.77. The van der Waals surface area contributed by atoms with Gasteiger partial charge in [0.15, 0.2) is 0 Å². The van der Waals surface area contributed by atoms with Crippen molar-refractivity contribution < 1.29 is 0 Å². The molecular formula is C49H33N3. The quantitative estimate of drug-likeness (QED) is 0.180. The van der Waals surface area contributed by atoms with Crippen LogP contribution >= 0.6 is 0 Å². The van der Waals surface area contributed by atoms with Crippen molar-refractivity contribution in [2.45, 2.75) is 12.8 Å². The van der Waals surface area contributed by atoms with E-state index in [2.05, 4.69) is 167 Å². The van der Waals surface area contributed by atoms with Crippen molar-refractivity contribution in [2.75, 3.05) is 0 Å². The average molecular weight is 664 g/mol. The smallest absolute Gasteiger partial charge is 0.0991 e. The van der Waals surface area contributed by atoms with Gasteiger partial charge in [-0.1, -0.05) is 109 Å². The van der Waals surface area contributed by atoms with Crippen molar-refractivity contribution in [2.24, 2.45) is 0 Å². The summed E-state index contributed by atoms with van der Waals surface area (Å²) in [6.07, 6.45) is 9.07. The van der Waals surface area contributed by atoms with Gasteiger partial charge < -0.3 is 9.13 Å². The molecule has 0 aliphatic heterocycles. The topological polar surface area (TPSA) is 33.6 Å². The molecule has 0 N–H and O–H groups in total. The van der Waals surface area contributed by atoms with Crippen molar-refractivity contribution >= 4 is 49.3 Å². The van der Waals surface area contributed by atoms with Gasteiger partial charge in [0.05, 0.1) is 33.7 Å². The van der Waals surface area contributed by atoms with Gasteiger partial charge in [-0.2, -0.15) is 5.26 Å². The fourth-order valence-electron chi connectivity index (χ4n) is 8.04. The van der Waals surface area contributed by atoms with Gasteiger partial charge in [0.2, 0.25) is 0 Å². The van der Waals surface area contributed by atoms with E-state index in [9.17, 15) is 5.26 Å². The number of benzene rings is 7. The molecule has 9 aromatic rings. The molecule has 0 unspecified atom stereocenters. The third kappa shape index (κ3) is 4.88. The minimum Gasteiger partial charge on any atom is -0.310 e. The zero-order chi connectivity index (χ0) is 34.6. The van der Waals surface area contributed by atoms with E-state index in [1.165, 1.54) is 71.6 Å². The third-order valence-corrected chi connectivity index (χ3v) is 10.6. The van der Waals surface area contributed by atoms with Gasteiger partial charge in [0.1, 0.15) is 0 Å². The SMILES string of the molecule is N#Cc1ccc(-c2cccc(-n3c4ccccc4c4cc(-c5ccc(-c6ccc7c(c6)c6ccccc6n7C6=CCCC=C6)cc5)ccc43)c2)cc1. The summed E-state index contributed by atoms with van der Waals surface area (Å²) in [5.41, 5.74) is 14.9. The van der Waals surface area contributed by atoms with Crippen molar-refractivity contribution in [1.82, 2.24) is 9.13 Å². The molecule has 0 bridgehead atoms. The van der Waals surface area contributed by atoms with Crippen LogP contribution in [0, 0.1) is 11.3 Å². The second kappa shape index (κ2) is 12.2. The van der Waals surface area contributed by atoms with Crippen LogP contribution in [0.2, 0.25) is 0 Å². The van der Waals surface area contributed by atoms with E-state index in [1.54, 1.807) is 0 Å². The fraction of sp³-hybridized carbons (Fsp3) is 0.0408. The standard InChI is InChI=1S/C49H33N3/c50-32-33-17-19-34(20-18-33)37-9-8-12-41(29-37)52-47-16-7-5-14-43(47)45-31-39(26-28-49(45)52)36-23-21-35(22-24-36)38-25-27-48-44(30-38)42-13-4-6-15-46(42)51(48)40-10-2-1-3-11-40/h2,4-31H,1,3H2. The first-order valence-corrected chi connectivity index (χ1v) is 17.9. The highest BCUT2D eigenvalue weighted by Gasteiger charge is 2.16. The number of rotatable bonds is 5. The van der Waals surface area contributed by atoms with Crippen LogP contribution in [-0.2, 0) is 0 Å². The summed E-state index contributed by atoms with van der Waals surface area (Å²) in [4.78, 5) is 0. The first-order valence-electron chi connectivity index (χ1n) is 17.9. The molecule has 0 amide bonds. The maximum Gasteiger partial charge on any atom is 0.0991 e. The fourth-order valence-corrected chi connectivity index (χ4v) is 8.04. The van der Waals surface area contributed by atoms with Gasteiger partial charge in [-0.15, -0.1) is 0 Å². The largest absolute Gasteiger partial charge is 0.310 e. The molecule has 2 aromatic heterocycles. The lowest BCUT2D eigenvalue weighted by Crippen LogP contribution is -1.96. The van der Waals surface area contributed by atoms with Crippen molar-refractivity contribution in [3.05, 3.63) is 182 Å². The Balaban J connectivity index is 1.02. The van der Waals surface area contributed by atoms with Gasteiger partial charge >= 0.3 is 0 Å². The summed E-state index contributed by atoms with van der Waals surface area (Å²) >= 11 is 0. The number of fused-ring (bicyclic) bond motifs is 6. The van der Waals surface area contributed by atoms with E-state index in [4.69, 9.17) is 0 Å². The number of allylic oxidation sites excluding steroid dienone is 4. The molecule has 52 heavy (non-hydrogen) atoms. The molecule has 3 nitrogen and oxygen atoms in total. The van der Waals surface area contributed by atoms with Gasteiger partial charge in [0, 0.05) is 32.9 Å². The van der Waals surface area contributed by atoms with E-state index >= 15 is 0 Å². The average Bonchev–Trinajstić information content (AvgIpc) is 3.73. The lowest BCUT2D eigenvalue weighted by molar-refractivity contribution is 1.02. The van der Waals surface area contributed by atoms with Crippen molar-refractivity contribution in [3.8, 4) is 45.1 Å². The van der Waals surface area contributed by atoms with Crippen molar-refractivity contribution in [1.29, 1.82) is 5.26 Å². The summed E-state index contributed by atoms with van der Waals surface area (Å²) in [6.45, 7) is 0. The molecule has 1 aliphatic carbocycles. The molecule has 7 aromatic carbocycles. The highest BCUT2D eigenvalue weighted by atomic mass is 15.0. The molecule has 0 saturated heterocycles. The monoisotopic (exact) mass is 663 g/mol. The Labute approximate surface area is 302 Å². The molecule has 0 atom stereocenters. The van der Waals surface area contributed by atoms with Crippen LogP contribution in [0.25, 0.3) is 88.4 Å². The maximum absolute atomic E-state index is 9.26. The van der Waals surface area contributed by atoms with E-state index < -0.39 is 0 Å². The Bertz CT molecular complexity index is 2940. The number of para-hydroxylation sites is 2. The summed E-state index contributed by atoms with van der Waals surface area (Å²) in [5.74, 6) is 0. The van der Waals surface area contributed by atoms with Crippen LogP contribution in [0.3, 0.4) is 0 Å². The van der Waals surface area contributed by atoms with Crippen LogP contribution in [0.15, 0.2) is 176 Å². The van der Waals surface area contributed by atoms with Crippen molar-refractivity contribution in [3.63, 3.8) is 0 Å². The van der Waals surface area contributed by atoms with Crippen LogP contribution in [0.1, 0.15) is 18.4 Å². The normalized spacial score (nSPS) is 12.9. The van der Waals surface area contributed by atoms with Gasteiger partial charge in [-0.05, 0) is 113 Å². The summed E-state index contributed by atoms with van der Waals surface area (Å²) in [6, 6.07) is 58.8. The Morgan fingerprint density at radius 1 is 0.423 bits per heavy atom.